The fourth-order valence-corrected chi connectivity index (χ4v) is 3.87. The molecular weight excluding hydrogens is 418 g/mol. The smallest absolute Gasteiger partial charge is 0.346 e. The highest BCUT2D eigenvalue weighted by Gasteiger charge is 2.17. The van der Waals surface area contributed by atoms with Gasteiger partial charge in [-0.3, -0.25) is 0 Å². The third-order valence-corrected chi connectivity index (χ3v) is 5.64. The number of nitriles is 1. The molecular formula is C24H26F2N2O2S. The molecule has 0 aliphatic carbocycles. The Kier molecular flexibility index (Phi) is 9.41. The molecule has 2 aromatic rings. The summed E-state index contributed by atoms with van der Waals surface area (Å²) in [6.07, 6.45) is 8.25. The van der Waals surface area contributed by atoms with Crippen LogP contribution in [0, 0.1) is 23.0 Å². The number of anilines is 1. The van der Waals surface area contributed by atoms with E-state index in [1.807, 2.05) is 13.8 Å². The first-order valence-corrected chi connectivity index (χ1v) is 11.1. The summed E-state index contributed by atoms with van der Waals surface area (Å²) in [5.74, 6) is -2.45. The summed E-state index contributed by atoms with van der Waals surface area (Å²) < 4.78 is 29.6. The van der Waals surface area contributed by atoms with Gasteiger partial charge in [0.25, 0.3) is 0 Å². The van der Waals surface area contributed by atoms with Crippen LogP contribution in [-0.2, 0) is 4.79 Å². The van der Waals surface area contributed by atoms with Crippen LogP contribution in [0.15, 0.2) is 29.8 Å². The standard InChI is InChI=1S/C24H26F2N2O2S/c1-3-5-11-28(12-6-4-2)23-21(25)13-17(14-22(23)26)7-8-19-9-10-20(31-19)15-18(16-27)24(29)30/h7-10,13-15H,3-6,11-12H2,1-2H3,(H,29,30)/b8-7+,18-15?. The molecule has 164 valence electrons. The Morgan fingerprint density at radius 3 is 2.19 bits per heavy atom. The van der Waals surface area contributed by atoms with Crippen LogP contribution in [-0.4, -0.2) is 24.2 Å². The molecule has 0 amide bonds. The lowest BCUT2D eigenvalue weighted by Crippen LogP contribution is -2.27. The lowest BCUT2D eigenvalue weighted by molar-refractivity contribution is -0.132. The van der Waals surface area contributed by atoms with Crippen LogP contribution in [0.5, 0.6) is 0 Å². The van der Waals surface area contributed by atoms with E-state index in [9.17, 15) is 13.6 Å². The van der Waals surface area contributed by atoms with Crippen LogP contribution in [0.3, 0.4) is 0 Å². The highest BCUT2D eigenvalue weighted by molar-refractivity contribution is 7.13. The molecule has 1 aromatic carbocycles. The maximum absolute atomic E-state index is 14.8. The molecule has 0 spiro atoms. The second kappa shape index (κ2) is 12.0. The van der Waals surface area contributed by atoms with Gasteiger partial charge < -0.3 is 10.0 Å². The third kappa shape index (κ3) is 7.04. The molecule has 1 N–H and O–H groups in total. The predicted molar refractivity (Wildman–Crippen MR) is 123 cm³/mol. The highest BCUT2D eigenvalue weighted by Crippen LogP contribution is 2.28. The van der Waals surface area contributed by atoms with Crippen LogP contribution < -0.4 is 4.90 Å². The average molecular weight is 445 g/mol. The zero-order valence-electron chi connectivity index (χ0n) is 17.7. The number of aliphatic carboxylic acids is 1. The average Bonchev–Trinajstić information content (AvgIpc) is 3.18. The summed E-state index contributed by atoms with van der Waals surface area (Å²) in [5, 5.41) is 17.8. The summed E-state index contributed by atoms with van der Waals surface area (Å²) in [4.78, 5) is 14.1. The van der Waals surface area contributed by atoms with Gasteiger partial charge in [-0.05, 0) is 54.8 Å². The van der Waals surface area contributed by atoms with Crippen molar-refractivity contribution < 1.29 is 18.7 Å². The van der Waals surface area contributed by atoms with Gasteiger partial charge in [0.2, 0.25) is 0 Å². The molecule has 31 heavy (non-hydrogen) atoms. The normalized spacial score (nSPS) is 11.6. The second-order valence-electron chi connectivity index (χ2n) is 7.08. The van der Waals surface area contributed by atoms with Crippen molar-refractivity contribution in [2.75, 3.05) is 18.0 Å². The topological polar surface area (TPSA) is 64.3 Å². The van der Waals surface area contributed by atoms with Crippen LogP contribution >= 0.6 is 11.3 Å². The van der Waals surface area contributed by atoms with Crippen molar-refractivity contribution in [2.24, 2.45) is 0 Å². The molecule has 0 radical (unpaired) electrons. The van der Waals surface area contributed by atoms with Crippen molar-refractivity contribution in [3.8, 4) is 6.07 Å². The zero-order chi connectivity index (χ0) is 22.8. The van der Waals surface area contributed by atoms with Crippen molar-refractivity contribution in [2.45, 2.75) is 39.5 Å². The van der Waals surface area contributed by atoms with Gasteiger partial charge in [0.05, 0.1) is 0 Å². The SMILES string of the molecule is CCCCN(CCCC)c1c(F)cc(/C=C/c2ccc(C=C(C#N)C(=O)O)s2)cc1F. The first-order valence-electron chi connectivity index (χ1n) is 10.3. The summed E-state index contributed by atoms with van der Waals surface area (Å²) in [6.45, 7) is 5.33. The molecule has 0 atom stereocenters. The Bertz CT molecular complexity index is 974. The molecule has 0 unspecified atom stereocenters. The number of halogens is 2. The Hall–Kier alpha value is -2.98. The Balaban J connectivity index is 2.23. The van der Waals surface area contributed by atoms with Gasteiger partial charge in [0, 0.05) is 22.8 Å². The number of unbranched alkanes of at least 4 members (excludes halogenated alkanes) is 2. The van der Waals surface area contributed by atoms with Crippen molar-refractivity contribution in [1.29, 1.82) is 5.26 Å². The van der Waals surface area contributed by atoms with E-state index in [-0.39, 0.29) is 11.3 Å². The molecule has 0 fully saturated rings. The quantitative estimate of drug-likeness (QED) is 0.313. The molecule has 1 aromatic heterocycles. The number of carboxylic acids is 1. The fourth-order valence-electron chi connectivity index (χ4n) is 3.01. The number of benzene rings is 1. The van der Waals surface area contributed by atoms with Crippen LogP contribution in [0.2, 0.25) is 0 Å². The number of nitrogens with zero attached hydrogens (tertiary/aromatic N) is 2. The van der Waals surface area contributed by atoms with Crippen LogP contribution in [0.4, 0.5) is 14.5 Å². The molecule has 1 heterocycles. The lowest BCUT2D eigenvalue weighted by Gasteiger charge is -2.25. The fraction of sp³-hybridized carbons (Fsp3) is 0.333. The number of rotatable bonds is 11. The lowest BCUT2D eigenvalue weighted by atomic mass is 10.1. The number of hydrogen-bond acceptors (Lipinski definition) is 4. The van der Waals surface area contributed by atoms with E-state index in [1.54, 1.807) is 35.3 Å². The molecule has 7 heteroatoms. The molecule has 0 bridgehead atoms. The molecule has 0 saturated carbocycles. The van der Waals surface area contributed by atoms with Crippen molar-refractivity contribution in [3.63, 3.8) is 0 Å². The minimum atomic E-state index is -1.29. The summed E-state index contributed by atoms with van der Waals surface area (Å²) in [6, 6.07) is 7.72. The van der Waals surface area contributed by atoms with E-state index in [0.717, 1.165) is 30.6 Å². The van der Waals surface area contributed by atoms with Crippen LogP contribution in [0.1, 0.15) is 54.8 Å². The van der Waals surface area contributed by atoms with Crippen LogP contribution in [0.25, 0.3) is 18.2 Å². The first kappa shape index (κ1) is 24.3. The third-order valence-electron chi connectivity index (χ3n) is 4.64. The minimum absolute atomic E-state index is 0.0281. The van der Waals surface area contributed by atoms with Gasteiger partial charge in [-0.25, -0.2) is 13.6 Å². The molecule has 2 rings (SSSR count). The van der Waals surface area contributed by atoms with E-state index in [2.05, 4.69) is 0 Å². The van der Waals surface area contributed by atoms with Crippen molar-refractivity contribution in [1.82, 2.24) is 0 Å². The van der Waals surface area contributed by atoms with Gasteiger partial charge in [-0.1, -0.05) is 32.8 Å². The number of thiophene rings is 1. The van der Waals surface area contributed by atoms with E-state index in [0.29, 0.717) is 23.5 Å². The van der Waals surface area contributed by atoms with E-state index in [4.69, 9.17) is 10.4 Å². The van der Waals surface area contributed by atoms with Gasteiger partial charge in [0.1, 0.15) is 29.0 Å². The number of carbonyl (C=O) groups is 1. The highest BCUT2D eigenvalue weighted by atomic mass is 32.1. The maximum Gasteiger partial charge on any atom is 0.346 e. The Morgan fingerprint density at radius 1 is 1.10 bits per heavy atom. The van der Waals surface area contributed by atoms with Gasteiger partial charge in [-0.2, -0.15) is 5.26 Å². The number of carboxylic acid groups (broad SMARTS) is 1. The maximum atomic E-state index is 14.8. The molecule has 0 saturated heterocycles. The van der Waals surface area contributed by atoms with E-state index in [1.165, 1.54) is 29.5 Å². The summed E-state index contributed by atoms with van der Waals surface area (Å²) in [7, 11) is 0. The number of hydrogen-bond donors (Lipinski definition) is 1. The first-order chi connectivity index (χ1) is 14.9. The van der Waals surface area contributed by atoms with Gasteiger partial charge >= 0.3 is 5.97 Å². The minimum Gasteiger partial charge on any atom is -0.477 e. The Labute approximate surface area is 185 Å². The van der Waals surface area contributed by atoms with E-state index < -0.39 is 17.6 Å². The van der Waals surface area contributed by atoms with Crippen molar-refractivity contribution >= 4 is 41.2 Å². The molecule has 4 nitrogen and oxygen atoms in total. The monoisotopic (exact) mass is 444 g/mol. The van der Waals surface area contributed by atoms with Crippen molar-refractivity contribution in [3.05, 3.63) is 56.8 Å². The van der Waals surface area contributed by atoms with Gasteiger partial charge in [-0.15, -0.1) is 11.3 Å². The predicted octanol–water partition coefficient (Wildman–Crippen LogP) is 6.59. The summed E-state index contributed by atoms with van der Waals surface area (Å²) in [5.41, 5.74) is 0.0755. The zero-order valence-corrected chi connectivity index (χ0v) is 18.5. The summed E-state index contributed by atoms with van der Waals surface area (Å²) >= 11 is 1.27. The Morgan fingerprint density at radius 2 is 1.68 bits per heavy atom. The molecule has 0 aliphatic heterocycles. The van der Waals surface area contributed by atoms with Gasteiger partial charge in [0.15, 0.2) is 0 Å². The molecule has 0 aliphatic rings. The van der Waals surface area contributed by atoms with E-state index >= 15 is 0 Å². The second-order valence-corrected chi connectivity index (χ2v) is 8.22. The largest absolute Gasteiger partial charge is 0.477 e.